The molecule has 18 heavy (non-hydrogen) atoms. The molecule has 0 saturated heterocycles. The summed E-state index contributed by atoms with van der Waals surface area (Å²) in [6.45, 7) is 0. The average molecular weight is 265 g/mol. The number of halogens is 2. The summed E-state index contributed by atoms with van der Waals surface area (Å²) in [6, 6.07) is 14.6. The number of hydrogen-bond donors (Lipinski definition) is 2. The van der Waals surface area contributed by atoms with E-state index in [1.54, 1.807) is 12.1 Å². The molecule has 0 aliphatic rings. The average Bonchev–Trinajstić information content (AvgIpc) is 2.41. The van der Waals surface area contributed by atoms with Crippen LogP contribution in [0.1, 0.15) is 17.2 Å². The molecule has 0 aliphatic heterocycles. The highest BCUT2D eigenvalue weighted by molar-refractivity contribution is 6.30. The fraction of sp³-hybridized carbons (Fsp3) is 0.143. The SMILES string of the molecule is NNC(Cc1ccc(Cl)c(F)c1)c1ccccc1. The third kappa shape index (κ3) is 3.07. The molecule has 0 heterocycles. The Kier molecular flexibility index (Phi) is 4.31. The van der Waals surface area contributed by atoms with Crippen LogP contribution in [0.3, 0.4) is 0 Å². The van der Waals surface area contributed by atoms with Crippen molar-refractivity contribution in [3.05, 3.63) is 70.5 Å². The zero-order valence-electron chi connectivity index (χ0n) is 9.74. The molecule has 3 N–H and O–H groups in total. The van der Waals surface area contributed by atoms with Crippen molar-refractivity contribution in [1.82, 2.24) is 5.43 Å². The molecule has 0 bridgehead atoms. The Morgan fingerprint density at radius 1 is 1.17 bits per heavy atom. The lowest BCUT2D eigenvalue weighted by molar-refractivity contribution is 0.548. The molecule has 0 radical (unpaired) electrons. The summed E-state index contributed by atoms with van der Waals surface area (Å²) in [5.41, 5.74) is 4.66. The van der Waals surface area contributed by atoms with E-state index in [1.165, 1.54) is 6.07 Å². The predicted molar refractivity (Wildman–Crippen MR) is 71.6 cm³/mol. The summed E-state index contributed by atoms with van der Waals surface area (Å²) in [7, 11) is 0. The molecule has 94 valence electrons. The molecule has 2 aromatic carbocycles. The van der Waals surface area contributed by atoms with Crippen LogP contribution in [0.4, 0.5) is 4.39 Å². The number of rotatable bonds is 4. The molecule has 0 fully saturated rings. The molecule has 4 heteroatoms. The van der Waals surface area contributed by atoms with Crippen molar-refractivity contribution in [2.24, 2.45) is 5.84 Å². The molecule has 0 saturated carbocycles. The van der Waals surface area contributed by atoms with E-state index in [0.717, 1.165) is 11.1 Å². The zero-order chi connectivity index (χ0) is 13.0. The van der Waals surface area contributed by atoms with Gasteiger partial charge in [-0.05, 0) is 29.7 Å². The fourth-order valence-corrected chi connectivity index (χ4v) is 1.98. The molecule has 1 unspecified atom stereocenters. The highest BCUT2D eigenvalue weighted by atomic mass is 35.5. The van der Waals surface area contributed by atoms with E-state index in [-0.39, 0.29) is 11.1 Å². The van der Waals surface area contributed by atoms with Crippen molar-refractivity contribution in [2.75, 3.05) is 0 Å². The monoisotopic (exact) mass is 264 g/mol. The first-order valence-corrected chi connectivity index (χ1v) is 6.03. The summed E-state index contributed by atoms with van der Waals surface area (Å²) in [5.74, 6) is 5.15. The maximum atomic E-state index is 13.4. The predicted octanol–water partition coefficient (Wildman–Crippen LogP) is 3.23. The van der Waals surface area contributed by atoms with Crippen molar-refractivity contribution in [1.29, 1.82) is 0 Å². The summed E-state index contributed by atoms with van der Waals surface area (Å²) < 4.78 is 13.4. The van der Waals surface area contributed by atoms with Gasteiger partial charge in [0.2, 0.25) is 0 Å². The standard InChI is InChI=1S/C14H14ClFN2/c15-12-7-6-10(8-13(12)16)9-14(18-17)11-4-2-1-3-5-11/h1-8,14,18H,9,17H2. The molecular weight excluding hydrogens is 251 g/mol. The molecule has 0 spiro atoms. The van der Waals surface area contributed by atoms with E-state index in [9.17, 15) is 4.39 Å². The number of hydrazine groups is 1. The molecule has 1 atom stereocenters. The van der Waals surface area contributed by atoms with Gasteiger partial charge in [0, 0.05) is 6.04 Å². The first-order valence-electron chi connectivity index (χ1n) is 5.65. The van der Waals surface area contributed by atoms with Gasteiger partial charge < -0.3 is 0 Å². The number of nitrogens with two attached hydrogens (primary N) is 1. The van der Waals surface area contributed by atoms with E-state index in [0.29, 0.717) is 6.42 Å². The third-order valence-corrected chi connectivity index (χ3v) is 3.13. The van der Waals surface area contributed by atoms with Gasteiger partial charge in [0.15, 0.2) is 0 Å². The minimum Gasteiger partial charge on any atom is -0.271 e. The van der Waals surface area contributed by atoms with E-state index >= 15 is 0 Å². The minimum atomic E-state index is -0.405. The van der Waals surface area contributed by atoms with Crippen molar-refractivity contribution in [2.45, 2.75) is 12.5 Å². The Hall–Kier alpha value is -1.42. The highest BCUT2D eigenvalue weighted by Crippen LogP contribution is 2.21. The van der Waals surface area contributed by atoms with Crippen LogP contribution in [-0.2, 0) is 6.42 Å². The van der Waals surface area contributed by atoms with Gasteiger partial charge >= 0.3 is 0 Å². The first-order chi connectivity index (χ1) is 8.70. The fourth-order valence-electron chi connectivity index (χ4n) is 1.86. The second-order valence-electron chi connectivity index (χ2n) is 4.08. The maximum Gasteiger partial charge on any atom is 0.142 e. The molecular formula is C14H14ClFN2. The number of benzene rings is 2. The van der Waals surface area contributed by atoms with Gasteiger partial charge in [0.05, 0.1) is 5.02 Å². The van der Waals surface area contributed by atoms with Crippen LogP contribution in [0.5, 0.6) is 0 Å². The van der Waals surface area contributed by atoms with Gasteiger partial charge in [0.1, 0.15) is 5.82 Å². The number of hydrogen-bond acceptors (Lipinski definition) is 2. The smallest absolute Gasteiger partial charge is 0.142 e. The lowest BCUT2D eigenvalue weighted by atomic mass is 9.99. The van der Waals surface area contributed by atoms with Crippen molar-refractivity contribution >= 4 is 11.6 Å². The molecule has 0 amide bonds. The Morgan fingerprint density at radius 3 is 2.50 bits per heavy atom. The van der Waals surface area contributed by atoms with Crippen LogP contribution in [0.15, 0.2) is 48.5 Å². The van der Waals surface area contributed by atoms with Gasteiger partial charge in [-0.1, -0.05) is 48.0 Å². The summed E-state index contributed by atoms with van der Waals surface area (Å²) in [4.78, 5) is 0. The Morgan fingerprint density at radius 2 is 1.89 bits per heavy atom. The Balaban J connectivity index is 2.18. The van der Waals surface area contributed by atoms with Crippen LogP contribution in [0.25, 0.3) is 0 Å². The Bertz CT molecular complexity index is 516. The second-order valence-corrected chi connectivity index (χ2v) is 4.49. The van der Waals surface area contributed by atoms with Gasteiger partial charge in [-0.15, -0.1) is 0 Å². The highest BCUT2D eigenvalue weighted by Gasteiger charge is 2.11. The molecule has 0 aliphatic carbocycles. The van der Waals surface area contributed by atoms with Crippen LogP contribution >= 0.6 is 11.6 Å². The van der Waals surface area contributed by atoms with Crippen LogP contribution in [0, 0.1) is 5.82 Å². The largest absolute Gasteiger partial charge is 0.271 e. The lowest BCUT2D eigenvalue weighted by Crippen LogP contribution is -2.29. The minimum absolute atomic E-state index is 0.0493. The van der Waals surface area contributed by atoms with E-state index < -0.39 is 5.82 Å². The van der Waals surface area contributed by atoms with Crippen LogP contribution in [-0.4, -0.2) is 0 Å². The van der Waals surface area contributed by atoms with Gasteiger partial charge in [0.25, 0.3) is 0 Å². The van der Waals surface area contributed by atoms with Gasteiger partial charge in [-0.25, -0.2) is 4.39 Å². The van der Waals surface area contributed by atoms with Gasteiger partial charge in [-0.3, -0.25) is 11.3 Å². The summed E-state index contributed by atoms with van der Waals surface area (Å²) in [6.07, 6.45) is 0.606. The molecule has 2 aromatic rings. The third-order valence-electron chi connectivity index (χ3n) is 2.83. The lowest BCUT2D eigenvalue weighted by Gasteiger charge is -2.16. The molecule has 2 rings (SSSR count). The zero-order valence-corrected chi connectivity index (χ0v) is 10.5. The summed E-state index contributed by atoms with van der Waals surface area (Å²) >= 11 is 5.65. The van der Waals surface area contributed by atoms with E-state index in [1.807, 2.05) is 30.3 Å². The maximum absolute atomic E-state index is 13.4. The van der Waals surface area contributed by atoms with Crippen molar-refractivity contribution in [3.63, 3.8) is 0 Å². The van der Waals surface area contributed by atoms with Crippen molar-refractivity contribution in [3.8, 4) is 0 Å². The van der Waals surface area contributed by atoms with Crippen molar-refractivity contribution < 1.29 is 4.39 Å². The van der Waals surface area contributed by atoms with E-state index in [2.05, 4.69) is 5.43 Å². The normalized spacial score (nSPS) is 12.4. The number of nitrogens with one attached hydrogen (secondary N) is 1. The quantitative estimate of drug-likeness (QED) is 0.657. The van der Waals surface area contributed by atoms with Crippen LogP contribution < -0.4 is 11.3 Å². The molecule has 0 aromatic heterocycles. The molecule has 2 nitrogen and oxygen atoms in total. The summed E-state index contributed by atoms with van der Waals surface area (Å²) in [5, 5.41) is 0.135. The van der Waals surface area contributed by atoms with E-state index in [4.69, 9.17) is 17.4 Å². The van der Waals surface area contributed by atoms with Crippen LogP contribution in [0.2, 0.25) is 5.02 Å². The second kappa shape index (κ2) is 5.96. The first kappa shape index (κ1) is 13.0. The van der Waals surface area contributed by atoms with Gasteiger partial charge in [-0.2, -0.15) is 0 Å². The Labute approximate surface area is 111 Å². The topological polar surface area (TPSA) is 38.0 Å².